The molecule has 0 saturated carbocycles. The average Bonchev–Trinajstić information content (AvgIpc) is 2.68. The van der Waals surface area contributed by atoms with Crippen LogP contribution in [-0.2, 0) is 0 Å². The first-order chi connectivity index (χ1) is 9.46. The molecule has 1 aliphatic rings. The highest BCUT2D eigenvalue weighted by atomic mass is 35.5. The number of halogens is 1. The highest BCUT2D eigenvalue weighted by Crippen LogP contribution is 2.40. The second-order valence-electron chi connectivity index (χ2n) is 5.43. The summed E-state index contributed by atoms with van der Waals surface area (Å²) in [6, 6.07) is 7.97. The molecule has 0 bridgehead atoms. The Kier molecular flexibility index (Phi) is 4.91. The molecule has 0 radical (unpaired) electrons. The third-order valence-electron chi connectivity index (χ3n) is 3.18. The van der Waals surface area contributed by atoms with Crippen LogP contribution in [0.4, 0.5) is 0 Å². The van der Waals surface area contributed by atoms with Gasteiger partial charge in [0, 0.05) is 15.8 Å². The molecule has 1 heterocycles. The maximum atomic E-state index is 6.08. The van der Waals surface area contributed by atoms with Gasteiger partial charge in [0.1, 0.15) is 12.4 Å². The Bertz CT molecular complexity index is 554. The minimum atomic E-state index is 0.407. The Hall–Kier alpha value is -0.810. The van der Waals surface area contributed by atoms with E-state index in [1.54, 1.807) is 11.8 Å². The fourth-order valence-electron chi connectivity index (χ4n) is 2.19. The van der Waals surface area contributed by atoms with E-state index >= 15 is 0 Å². The number of nitrogens with zero attached hydrogens (tertiary/aromatic N) is 2. The Balaban J connectivity index is 2.35. The molecule has 1 aliphatic heterocycles. The van der Waals surface area contributed by atoms with Gasteiger partial charge in [-0.1, -0.05) is 31.5 Å². The largest absolute Gasteiger partial charge is 0.273 e. The Morgan fingerprint density at radius 2 is 2.15 bits per heavy atom. The van der Waals surface area contributed by atoms with Gasteiger partial charge in [0.15, 0.2) is 6.34 Å². The van der Waals surface area contributed by atoms with E-state index in [1.807, 2.05) is 31.6 Å². The van der Waals surface area contributed by atoms with Crippen molar-refractivity contribution in [3.05, 3.63) is 40.0 Å². The van der Waals surface area contributed by atoms with E-state index in [9.17, 15) is 0 Å². The summed E-state index contributed by atoms with van der Waals surface area (Å²) in [5.41, 5.74) is 1.16. The molecule has 0 fully saturated rings. The van der Waals surface area contributed by atoms with E-state index in [0.29, 0.717) is 10.4 Å². The third kappa shape index (κ3) is 3.26. The van der Waals surface area contributed by atoms with Crippen LogP contribution in [0.5, 0.6) is 0 Å². The molecule has 0 aliphatic carbocycles. The lowest BCUT2D eigenvalue weighted by Crippen LogP contribution is -2.45. The van der Waals surface area contributed by atoms with E-state index < -0.39 is 0 Å². The summed E-state index contributed by atoms with van der Waals surface area (Å²) in [6.07, 6.45) is 2.01. The lowest BCUT2D eigenvalue weighted by molar-refractivity contribution is -0.765. The van der Waals surface area contributed by atoms with Crippen molar-refractivity contribution < 1.29 is 4.48 Å². The molecule has 5 heteroatoms. The van der Waals surface area contributed by atoms with Crippen LogP contribution in [0.3, 0.4) is 0 Å². The Labute approximate surface area is 130 Å². The molecule has 1 N–H and O–H groups in total. The van der Waals surface area contributed by atoms with Gasteiger partial charge in [-0.15, -0.1) is 0 Å². The maximum absolute atomic E-state index is 6.08. The van der Waals surface area contributed by atoms with Gasteiger partial charge in [0.2, 0.25) is 5.03 Å². The van der Waals surface area contributed by atoms with Crippen molar-refractivity contribution >= 4 is 29.7 Å². The zero-order chi connectivity index (χ0) is 14.8. The number of quaternary nitrogens is 1. The van der Waals surface area contributed by atoms with E-state index in [2.05, 4.69) is 37.3 Å². The van der Waals surface area contributed by atoms with Crippen LogP contribution >= 0.6 is 23.4 Å². The van der Waals surface area contributed by atoms with Gasteiger partial charge in [-0.25, -0.2) is 9.48 Å². The molecule has 2 rings (SSSR count). The molecule has 1 atom stereocenters. The summed E-state index contributed by atoms with van der Waals surface area (Å²) in [7, 11) is 4.13. The second kappa shape index (κ2) is 6.31. The normalized spacial score (nSPS) is 22.1. The fourth-order valence-corrected chi connectivity index (χ4v) is 3.72. The van der Waals surface area contributed by atoms with E-state index in [4.69, 9.17) is 11.6 Å². The van der Waals surface area contributed by atoms with Gasteiger partial charge in [0.25, 0.3) is 0 Å². The van der Waals surface area contributed by atoms with Crippen molar-refractivity contribution in [3.8, 4) is 0 Å². The number of hydrogen-bond donors (Lipinski definition) is 1. The quantitative estimate of drug-likeness (QED) is 0.834. The predicted octanol–water partition coefficient (Wildman–Crippen LogP) is 3.92. The number of benzene rings is 1. The summed E-state index contributed by atoms with van der Waals surface area (Å²) >= 11 is 7.83. The van der Waals surface area contributed by atoms with Gasteiger partial charge in [0.05, 0.1) is 7.05 Å². The van der Waals surface area contributed by atoms with Crippen LogP contribution in [0.15, 0.2) is 44.9 Å². The van der Waals surface area contributed by atoms with Crippen LogP contribution in [0.25, 0.3) is 0 Å². The van der Waals surface area contributed by atoms with Gasteiger partial charge in [-0.3, -0.25) is 5.32 Å². The van der Waals surface area contributed by atoms with Gasteiger partial charge < -0.3 is 0 Å². The summed E-state index contributed by atoms with van der Waals surface area (Å²) < 4.78 is 0.682. The molecule has 0 aromatic heterocycles. The topological polar surface area (TPSA) is 24.4 Å². The first-order valence-electron chi connectivity index (χ1n) is 6.69. The third-order valence-corrected chi connectivity index (χ3v) is 4.72. The van der Waals surface area contributed by atoms with Crippen molar-refractivity contribution in [1.82, 2.24) is 5.32 Å². The van der Waals surface area contributed by atoms with Crippen molar-refractivity contribution in [2.24, 2.45) is 10.9 Å². The van der Waals surface area contributed by atoms with Crippen LogP contribution in [0.2, 0.25) is 5.02 Å². The number of nitrogens with one attached hydrogen (secondary N) is 1. The molecule has 0 spiro atoms. The van der Waals surface area contributed by atoms with Crippen molar-refractivity contribution in [2.75, 3.05) is 20.8 Å². The van der Waals surface area contributed by atoms with Crippen molar-refractivity contribution in [1.29, 1.82) is 0 Å². The molecule has 108 valence electrons. The van der Waals surface area contributed by atoms with Crippen LogP contribution < -0.4 is 5.32 Å². The van der Waals surface area contributed by atoms with Gasteiger partial charge in [-0.2, -0.15) is 0 Å². The second-order valence-corrected chi connectivity index (χ2v) is 6.93. The minimum Gasteiger partial charge on any atom is -0.273 e. The Morgan fingerprint density at radius 3 is 2.75 bits per heavy atom. The zero-order valence-corrected chi connectivity index (χ0v) is 13.9. The zero-order valence-electron chi connectivity index (χ0n) is 12.4. The van der Waals surface area contributed by atoms with E-state index in [1.165, 1.54) is 5.03 Å². The molecular weight excluding hydrogens is 290 g/mol. The number of thioether (sulfide) groups is 1. The molecular formula is C15H21ClN3S+. The average molecular weight is 311 g/mol. The van der Waals surface area contributed by atoms with Crippen LogP contribution in [0.1, 0.15) is 13.8 Å². The molecule has 0 saturated heterocycles. The molecule has 3 nitrogen and oxygen atoms in total. The molecule has 1 aromatic carbocycles. The minimum absolute atomic E-state index is 0.407. The summed E-state index contributed by atoms with van der Waals surface area (Å²) in [5.74, 6) is 0.407. The molecule has 1 unspecified atom stereocenters. The number of aliphatic imine (C=N–C) groups is 1. The number of rotatable bonds is 5. The number of allylic oxidation sites excluding steroid dienone is 1. The summed E-state index contributed by atoms with van der Waals surface area (Å²) in [5, 5.41) is 5.27. The van der Waals surface area contributed by atoms with Crippen LogP contribution in [0, 0.1) is 5.92 Å². The molecule has 1 aromatic rings. The summed E-state index contributed by atoms with van der Waals surface area (Å²) in [4.78, 5) is 5.79. The SMILES string of the molecule is CNC[N+]1(C)C=NC(C(C)C)=C1Sc1cccc(Cl)c1. The first kappa shape index (κ1) is 15.6. The van der Waals surface area contributed by atoms with Gasteiger partial charge >= 0.3 is 0 Å². The highest BCUT2D eigenvalue weighted by molar-refractivity contribution is 8.02. The van der Waals surface area contributed by atoms with Crippen LogP contribution in [-0.4, -0.2) is 31.6 Å². The summed E-state index contributed by atoms with van der Waals surface area (Å²) in [6.45, 7) is 5.18. The Morgan fingerprint density at radius 1 is 1.40 bits per heavy atom. The maximum Gasteiger partial charge on any atom is 0.201 e. The smallest absolute Gasteiger partial charge is 0.201 e. The fraction of sp³-hybridized carbons (Fsp3) is 0.400. The van der Waals surface area contributed by atoms with Crippen molar-refractivity contribution in [2.45, 2.75) is 18.7 Å². The molecule has 0 amide bonds. The standard InChI is InChI=1S/C15H21ClN3S/c1-11(2)14-15(19(4,9-17-3)10-18-14)20-13-7-5-6-12(16)8-13/h5-8,10-11,17H,9H2,1-4H3/q+1. The monoisotopic (exact) mass is 310 g/mol. The van der Waals surface area contributed by atoms with Crippen molar-refractivity contribution in [3.63, 3.8) is 0 Å². The highest BCUT2D eigenvalue weighted by Gasteiger charge is 2.36. The lowest BCUT2D eigenvalue weighted by atomic mass is 10.1. The number of hydrogen-bond acceptors (Lipinski definition) is 3. The first-order valence-corrected chi connectivity index (χ1v) is 7.89. The predicted molar refractivity (Wildman–Crippen MR) is 87.8 cm³/mol. The lowest BCUT2D eigenvalue weighted by Gasteiger charge is -2.27. The van der Waals surface area contributed by atoms with E-state index in [-0.39, 0.29) is 0 Å². The molecule has 20 heavy (non-hydrogen) atoms. The van der Waals surface area contributed by atoms with E-state index in [0.717, 1.165) is 22.3 Å². The van der Waals surface area contributed by atoms with Gasteiger partial charge in [-0.05, 0) is 37.0 Å².